The highest BCUT2D eigenvalue weighted by atomic mass is 16.5. The lowest BCUT2D eigenvalue weighted by Gasteiger charge is -2.11. The van der Waals surface area contributed by atoms with Gasteiger partial charge in [-0.25, -0.2) is 15.0 Å². The van der Waals surface area contributed by atoms with Crippen molar-refractivity contribution in [2.45, 2.75) is 13.8 Å². The molecule has 0 saturated heterocycles. The van der Waals surface area contributed by atoms with E-state index in [0.29, 0.717) is 40.3 Å². The molecule has 0 unspecified atom stereocenters. The molecule has 0 aliphatic heterocycles. The van der Waals surface area contributed by atoms with E-state index in [4.69, 9.17) is 9.26 Å². The Morgan fingerprint density at radius 1 is 0.946 bits per heavy atom. The van der Waals surface area contributed by atoms with Crippen molar-refractivity contribution in [1.29, 1.82) is 0 Å². The van der Waals surface area contributed by atoms with Gasteiger partial charge < -0.3 is 19.9 Å². The van der Waals surface area contributed by atoms with Gasteiger partial charge in [-0.15, -0.1) is 0 Å². The zero-order valence-corrected chi connectivity index (χ0v) is 20.5. The lowest BCUT2D eigenvalue weighted by Crippen LogP contribution is -2.11. The van der Waals surface area contributed by atoms with E-state index >= 15 is 0 Å². The predicted molar refractivity (Wildman–Crippen MR) is 141 cm³/mol. The van der Waals surface area contributed by atoms with E-state index in [1.54, 1.807) is 55.8 Å². The highest BCUT2D eigenvalue weighted by Gasteiger charge is 2.15. The molecule has 0 atom stereocenters. The third-order valence-corrected chi connectivity index (χ3v) is 5.70. The van der Waals surface area contributed by atoms with E-state index in [9.17, 15) is 4.79 Å². The van der Waals surface area contributed by atoms with E-state index in [1.807, 2.05) is 44.2 Å². The molecule has 3 aromatic heterocycles. The first-order chi connectivity index (χ1) is 18.0. The second kappa shape index (κ2) is 10.3. The Hall–Kier alpha value is -5.05. The first-order valence-electron chi connectivity index (χ1n) is 11.6. The zero-order valence-electron chi connectivity index (χ0n) is 20.5. The molecule has 0 bridgehead atoms. The summed E-state index contributed by atoms with van der Waals surface area (Å²) in [5.74, 6) is 1.98. The summed E-state index contributed by atoms with van der Waals surface area (Å²) >= 11 is 0. The van der Waals surface area contributed by atoms with Gasteiger partial charge in [-0.2, -0.15) is 0 Å². The quantitative estimate of drug-likeness (QED) is 0.289. The van der Waals surface area contributed by atoms with Gasteiger partial charge in [0.15, 0.2) is 0 Å². The molecular formula is C28H24N6O3. The summed E-state index contributed by atoms with van der Waals surface area (Å²) in [6.07, 6.45) is 3.33. The topological polar surface area (TPSA) is 115 Å². The smallest absolute Gasteiger partial charge is 0.255 e. The molecule has 9 heteroatoms. The van der Waals surface area contributed by atoms with Crippen LogP contribution in [-0.2, 0) is 0 Å². The van der Waals surface area contributed by atoms with E-state index < -0.39 is 0 Å². The van der Waals surface area contributed by atoms with Crippen LogP contribution in [0.3, 0.4) is 0 Å². The van der Waals surface area contributed by atoms with Crippen molar-refractivity contribution in [3.63, 3.8) is 0 Å². The number of hydrogen-bond acceptors (Lipinski definition) is 8. The highest BCUT2D eigenvalue weighted by Crippen LogP contribution is 2.31. The number of carbonyl (C=O) groups is 1. The number of aromatic nitrogens is 4. The summed E-state index contributed by atoms with van der Waals surface area (Å²) in [6, 6.07) is 20.0. The van der Waals surface area contributed by atoms with Crippen LogP contribution in [0.4, 0.5) is 11.6 Å². The first-order valence-corrected chi connectivity index (χ1v) is 11.6. The minimum absolute atomic E-state index is 0.224. The van der Waals surface area contributed by atoms with Gasteiger partial charge in [-0.05, 0) is 74.0 Å². The standard InChI is InChI=1S/C28H24N6O3/c1-17-25(18(2)37-34-17)19-6-4-7-20(16-19)26(35)32-21-9-11-22(12-10-21)36-27-23(8-5-14-30-27)24-13-15-31-28(29-3)33-24/h4-16H,1-3H3,(H,32,35)(H,29,31,33). The largest absolute Gasteiger partial charge is 0.438 e. The molecule has 37 heavy (non-hydrogen) atoms. The maximum absolute atomic E-state index is 12.9. The first kappa shape index (κ1) is 23.7. The molecule has 184 valence electrons. The Kier molecular flexibility index (Phi) is 6.58. The third-order valence-electron chi connectivity index (χ3n) is 5.70. The van der Waals surface area contributed by atoms with Gasteiger partial charge in [0.2, 0.25) is 11.8 Å². The SMILES string of the molecule is CNc1nccc(-c2cccnc2Oc2ccc(NC(=O)c3cccc(-c4c(C)noc4C)c3)cc2)n1. The average Bonchev–Trinajstić information content (AvgIpc) is 3.27. The van der Waals surface area contributed by atoms with Gasteiger partial charge in [-0.1, -0.05) is 17.3 Å². The van der Waals surface area contributed by atoms with Crippen LogP contribution in [0.15, 0.2) is 83.6 Å². The van der Waals surface area contributed by atoms with E-state index in [1.165, 1.54) is 0 Å². The number of rotatable bonds is 7. The second-order valence-electron chi connectivity index (χ2n) is 8.23. The van der Waals surface area contributed by atoms with Crippen LogP contribution in [0.5, 0.6) is 11.6 Å². The summed E-state index contributed by atoms with van der Waals surface area (Å²) in [6.45, 7) is 3.73. The van der Waals surface area contributed by atoms with Gasteiger partial charge >= 0.3 is 0 Å². The summed E-state index contributed by atoms with van der Waals surface area (Å²) in [4.78, 5) is 25.9. The number of pyridine rings is 1. The molecule has 0 aliphatic carbocycles. The number of aryl methyl sites for hydroxylation is 2. The van der Waals surface area contributed by atoms with Gasteiger partial charge in [0.25, 0.3) is 5.91 Å². The lowest BCUT2D eigenvalue weighted by molar-refractivity contribution is 0.102. The van der Waals surface area contributed by atoms with E-state index in [-0.39, 0.29) is 5.91 Å². The number of benzene rings is 2. The molecule has 0 spiro atoms. The third kappa shape index (κ3) is 5.15. The van der Waals surface area contributed by atoms with E-state index in [2.05, 4.69) is 30.7 Å². The Morgan fingerprint density at radius 2 is 1.78 bits per heavy atom. The van der Waals surface area contributed by atoms with Crippen LogP contribution in [0.1, 0.15) is 21.8 Å². The van der Waals surface area contributed by atoms with Crippen molar-refractivity contribution >= 4 is 17.5 Å². The fraction of sp³-hybridized carbons (Fsp3) is 0.107. The van der Waals surface area contributed by atoms with Crippen molar-refractivity contribution in [3.05, 3.63) is 96.1 Å². The van der Waals surface area contributed by atoms with Crippen LogP contribution >= 0.6 is 0 Å². The molecule has 5 rings (SSSR count). The number of nitrogens with zero attached hydrogens (tertiary/aromatic N) is 4. The Balaban J connectivity index is 1.31. The Labute approximate surface area is 213 Å². The molecular weight excluding hydrogens is 468 g/mol. The molecule has 0 radical (unpaired) electrons. The van der Waals surface area contributed by atoms with Crippen LogP contribution < -0.4 is 15.4 Å². The Bertz CT molecular complexity index is 1540. The number of nitrogens with one attached hydrogen (secondary N) is 2. The minimum atomic E-state index is -0.224. The number of hydrogen-bond donors (Lipinski definition) is 2. The van der Waals surface area contributed by atoms with Crippen molar-refractivity contribution in [2.75, 3.05) is 17.7 Å². The zero-order chi connectivity index (χ0) is 25.8. The average molecular weight is 493 g/mol. The van der Waals surface area contributed by atoms with Gasteiger partial charge in [-0.3, -0.25) is 4.79 Å². The van der Waals surface area contributed by atoms with Gasteiger partial charge in [0, 0.05) is 36.3 Å². The van der Waals surface area contributed by atoms with Crippen LogP contribution in [0.2, 0.25) is 0 Å². The molecule has 0 aliphatic rings. The fourth-order valence-corrected chi connectivity index (χ4v) is 3.93. The van der Waals surface area contributed by atoms with Crippen molar-refractivity contribution in [2.24, 2.45) is 0 Å². The number of carbonyl (C=O) groups excluding carboxylic acids is 1. The molecule has 3 heterocycles. The summed E-state index contributed by atoms with van der Waals surface area (Å²) in [5.41, 5.74) is 5.14. The predicted octanol–water partition coefficient (Wildman–Crippen LogP) is 5.90. The molecule has 1 amide bonds. The second-order valence-corrected chi connectivity index (χ2v) is 8.23. The van der Waals surface area contributed by atoms with Crippen LogP contribution in [0, 0.1) is 13.8 Å². The van der Waals surface area contributed by atoms with Crippen molar-refractivity contribution in [1.82, 2.24) is 20.1 Å². The lowest BCUT2D eigenvalue weighted by atomic mass is 10.0. The van der Waals surface area contributed by atoms with Gasteiger partial charge in [0.05, 0.1) is 17.0 Å². The number of amides is 1. The van der Waals surface area contributed by atoms with Crippen molar-refractivity contribution < 1.29 is 14.1 Å². The maximum Gasteiger partial charge on any atom is 0.255 e. The highest BCUT2D eigenvalue weighted by molar-refractivity contribution is 6.05. The minimum Gasteiger partial charge on any atom is -0.438 e. The normalized spacial score (nSPS) is 10.7. The number of anilines is 2. The summed E-state index contributed by atoms with van der Waals surface area (Å²) in [7, 11) is 1.76. The molecule has 2 aromatic carbocycles. The van der Waals surface area contributed by atoms with Crippen LogP contribution in [-0.4, -0.2) is 33.1 Å². The summed E-state index contributed by atoms with van der Waals surface area (Å²) < 4.78 is 11.3. The molecule has 5 aromatic rings. The Morgan fingerprint density at radius 3 is 2.54 bits per heavy atom. The molecule has 9 nitrogen and oxygen atoms in total. The molecule has 0 saturated carbocycles. The molecule has 0 fully saturated rings. The van der Waals surface area contributed by atoms with E-state index in [0.717, 1.165) is 22.4 Å². The molecule has 2 N–H and O–H groups in total. The summed E-state index contributed by atoms with van der Waals surface area (Å²) in [5, 5.41) is 9.86. The van der Waals surface area contributed by atoms with Crippen LogP contribution in [0.25, 0.3) is 22.4 Å². The monoisotopic (exact) mass is 492 g/mol. The van der Waals surface area contributed by atoms with Gasteiger partial charge in [0.1, 0.15) is 11.5 Å². The fourth-order valence-electron chi connectivity index (χ4n) is 3.93. The maximum atomic E-state index is 12.9. The number of ether oxygens (including phenoxy) is 1. The van der Waals surface area contributed by atoms with Crippen molar-refractivity contribution in [3.8, 4) is 34.0 Å².